The lowest BCUT2D eigenvalue weighted by Crippen LogP contribution is -2.47. The number of hydrogen-bond acceptors (Lipinski definition) is 4. The van der Waals surface area contributed by atoms with Gasteiger partial charge in [-0.15, -0.1) is 0 Å². The molecule has 1 heterocycles. The third-order valence-corrected chi connectivity index (χ3v) is 3.85. The van der Waals surface area contributed by atoms with E-state index in [1.165, 1.54) is 6.42 Å². The summed E-state index contributed by atoms with van der Waals surface area (Å²) in [5.41, 5.74) is 6.57. The van der Waals surface area contributed by atoms with Crippen LogP contribution < -0.4 is 16.2 Å². The molecule has 0 fully saturated rings. The first-order valence-electron chi connectivity index (χ1n) is 7.26. The third kappa shape index (κ3) is 5.38. The van der Waals surface area contributed by atoms with E-state index in [0.29, 0.717) is 0 Å². The Hall–Kier alpha value is -1.56. The number of halogens is 1. The van der Waals surface area contributed by atoms with Gasteiger partial charge in [-0.2, -0.15) is 0 Å². The summed E-state index contributed by atoms with van der Waals surface area (Å²) in [5, 5.41) is 3.16. The first-order chi connectivity index (χ1) is 10.1. The molecule has 0 saturated heterocycles. The van der Waals surface area contributed by atoms with Crippen LogP contribution in [0.3, 0.4) is 0 Å². The Morgan fingerprint density at radius 3 is 2.76 bits per heavy atom. The first-order valence-corrected chi connectivity index (χ1v) is 8.06. The number of anilines is 1. The highest BCUT2D eigenvalue weighted by Gasteiger charge is 2.13. The van der Waals surface area contributed by atoms with Gasteiger partial charge in [-0.05, 0) is 44.0 Å². The quantitative estimate of drug-likeness (QED) is 0.732. The molecule has 0 spiro atoms. The van der Waals surface area contributed by atoms with Crippen LogP contribution in [0.5, 0.6) is 0 Å². The van der Waals surface area contributed by atoms with Crippen LogP contribution in [0.1, 0.15) is 32.6 Å². The lowest BCUT2D eigenvalue weighted by atomic mass is 10.2. The minimum absolute atomic E-state index is 0.107. The van der Waals surface area contributed by atoms with Crippen LogP contribution in [0.4, 0.5) is 5.69 Å². The van der Waals surface area contributed by atoms with Gasteiger partial charge in [0.15, 0.2) is 0 Å². The summed E-state index contributed by atoms with van der Waals surface area (Å²) in [4.78, 5) is 16.5. The summed E-state index contributed by atoms with van der Waals surface area (Å²) >= 11 is 3.39. The predicted octanol–water partition coefficient (Wildman–Crippen LogP) is 2.84. The third-order valence-electron chi connectivity index (χ3n) is 3.33. The molecule has 1 amide bonds. The van der Waals surface area contributed by atoms with Crippen molar-refractivity contribution < 1.29 is 4.79 Å². The average molecular weight is 353 g/mol. The summed E-state index contributed by atoms with van der Waals surface area (Å²) < 4.78 is 1.01. The molecule has 3 N–H and O–H groups in total. The number of rotatable bonds is 3. The number of nitrogens with zero attached hydrogens (tertiary/aromatic N) is 1. The Morgan fingerprint density at radius 2 is 2.00 bits per heavy atom. The maximum Gasteiger partial charge on any atom is 0.260 e. The zero-order valence-corrected chi connectivity index (χ0v) is 13.7. The highest BCUT2D eigenvalue weighted by atomic mass is 79.9. The molecule has 1 atom stereocenters. The molecule has 0 radical (unpaired) electrons. The van der Waals surface area contributed by atoms with Gasteiger partial charge in [0.2, 0.25) is 0 Å². The molecule has 1 aromatic carbocycles. The van der Waals surface area contributed by atoms with Crippen LogP contribution >= 0.6 is 15.9 Å². The van der Waals surface area contributed by atoms with Gasteiger partial charge in [0, 0.05) is 23.1 Å². The highest BCUT2D eigenvalue weighted by molar-refractivity contribution is 9.10. The van der Waals surface area contributed by atoms with Crippen molar-refractivity contribution in [3.05, 3.63) is 28.7 Å². The molecule has 5 nitrogen and oxygen atoms in total. The van der Waals surface area contributed by atoms with Crippen molar-refractivity contribution in [2.45, 2.75) is 38.6 Å². The van der Waals surface area contributed by atoms with Crippen LogP contribution in [0.25, 0.3) is 0 Å². The summed E-state index contributed by atoms with van der Waals surface area (Å²) in [6, 6.07) is 7.40. The molecule has 1 aliphatic rings. The molecule has 1 aromatic rings. The van der Waals surface area contributed by atoms with E-state index in [9.17, 15) is 4.79 Å². The monoisotopic (exact) mass is 352 g/mol. The van der Waals surface area contributed by atoms with Gasteiger partial charge in [0.25, 0.3) is 5.91 Å². The summed E-state index contributed by atoms with van der Waals surface area (Å²) in [6.07, 6.45) is 4.34. The second-order valence-electron chi connectivity index (χ2n) is 5.13. The minimum Gasteiger partial charge on any atom is -0.374 e. The van der Waals surface area contributed by atoms with Gasteiger partial charge in [-0.25, -0.2) is 0 Å². The van der Waals surface area contributed by atoms with Crippen molar-refractivity contribution in [1.82, 2.24) is 10.9 Å². The Balaban J connectivity index is 1.79. The molecular formula is C15H21BrN4O. The van der Waals surface area contributed by atoms with Gasteiger partial charge in [-0.1, -0.05) is 22.4 Å². The van der Waals surface area contributed by atoms with Crippen molar-refractivity contribution in [3.8, 4) is 0 Å². The van der Waals surface area contributed by atoms with Crippen LogP contribution in [-0.2, 0) is 4.79 Å². The number of carbonyl (C=O) groups is 1. The fraction of sp³-hybridized carbons (Fsp3) is 0.467. The van der Waals surface area contributed by atoms with E-state index < -0.39 is 0 Å². The molecule has 0 aliphatic carbocycles. The largest absolute Gasteiger partial charge is 0.374 e. The van der Waals surface area contributed by atoms with Gasteiger partial charge < -0.3 is 5.32 Å². The SMILES string of the molecule is C[C@H](Nc1ccc(Br)cc1)C(=O)NNC1=NCCCCC1. The molecule has 1 aliphatic heterocycles. The molecule has 0 saturated carbocycles. The van der Waals surface area contributed by atoms with E-state index >= 15 is 0 Å². The summed E-state index contributed by atoms with van der Waals surface area (Å²) in [7, 11) is 0. The Bertz CT molecular complexity index is 501. The van der Waals surface area contributed by atoms with Crippen LogP contribution in [0, 0.1) is 0 Å². The van der Waals surface area contributed by atoms with E-state index in [-0.39, 0.29) is 11.9 Å². The molecular weight excluding hydrogens is 332 g/mol. The smallest absolute Gasteiger partial charge is 0.260 e. The number of benzene rings is 1. The summed E-state index contributed by atoms with van der Waals surface area (Å²) in [5.74, 6) is 0.765. The topological polar surface area (TPSA) is 65.5 Å². The second-order valence-corrected chi connectivity index (χ2v) is 6.04. The maximum atomic E-state index is 12.0. The Kier molecular flexibility index (Phi) is 6.04. The molecule has 0 bridgehead atoms. The molecule has 2 rings (SSSR count). The zero-order valence-electron chi connectivity index (χ0n) is 12.2. The second kappa shape index (κ2) is 8.02. The molecule has 6 heteroatoms. The molecule has 21 heavy (non-hydrogen) atoms. The normalized spacial score (nSPS) is 16.4. The van der Waals surface area contributed by atoms with E-state index in [4.69, 9.17) is 0 Å². The molecule has 0 aromatic heterocycles. The lowest BCUT2D eigenvalue weighted by molar-refractivity contribution is -0.122. The minimum atomic E-state index is -0.329. The van der Waals surface area contributed by atoms with Crippen molar-refractivity contribution in [3.63, 3.8) is 0 Å². The fourth-order valence-electron chi connectivity index (χ4n) is 2.08. The van der Waals surface area contributed by atoms with Crippen LogP contribution in [-0.4, -0.2) is 24.3 Å². The number of nitrogens with one attached hydrogen (secondary N) is 3. The van der Waals surface area contributed by atoms with E-state index in [1.807, 2.05) is 31.2 Å². The number of carbonyl (C=O) groups excluding carboxylic acids is 1. The van der Waals surface area contributed by atoms with Crippen molar-refractivity contribution in [2.24, 2.45) is 4.99 Å². The average Bonchev–Trinajstić information content (AvgIpc) is 2.75. The van der Waals surface area contributed by atoms with Crippen molar-refractivity contribution in [2.75, 3.05) is 11.9 Å². The predicted molar refractivity (Wildman–Crippen MR) is 89.3 cm³/mol. The van der Waals surface area contributed by atoms with Gasteiger partial charge in [0.05, 0.1) is 0 Å². The summed E-state index contributed by atoms with van der Waals surface area (Å²) in [6.45, 7) is 2.67. The van der Waals surface area contributed by atoms with E-state index in [2.05, 4.69) is 37.1 Å². The maximum absolute atomic E-state index is 12.0. The Labute approximate surface area is 133 Å². The number of hydrogen-bond donors (Lipinski definition) is 3. The first kappa shape index (κ1) is 15.8. The van der Waals surface area contributed by atoms with Gasteiger partial charge in [-0.3, -0.25) is 20.6 Å². The zero-order chi connectivity index (χ0) is 15.1. The number of amidine groups is 1. The van der Waals surface area contributed by atoms with E-state index in [1.54, 1.807) is 0 Å². The van der Waals surface area contributed by atoms with Crippen molar-refractivity contribution in [1.29, 1.82) is 0 Å². The van der Waals surface area contributed by atoms with Gasteiger partial charge >= 0.3 is 0 Å². The molecule has 114 valence electrons. The number of amides is 1. The van der Waals surface area contributed by atoms with Gasteiger partial charge in [0.1, 0.15) is 11.9 Å². The van der Waals surface area contributed by atoms with Crippen molar-refractivity contribution >= 4 is 33.4 Å². The lowest BCUT2D eigenvalue weighted by Gasteiger charge is -2.16. The highest BCUT2D eigenvalue weighted by Crippen LogP contribution is 2.14. The van der Waals surface area contributed by atoms with E-state index in [0.717, 1.165) is 41.8 Å². The standard InChI is InChI=1S/C15H21BrN4O/c1-11(18-13-8-6-12(16)7-9-13)15(21)20-19-14-5-3-2-4-10-17-14/h6-9,11,18H,2-5,10H2,1H3,(H,17,19)(H,20,21)/t11-/m0/s1. The number of hydrazine groups is 1. The Morgan fingerprint density at radius 1 is 1.24 bits per heavy atom. The van der Waals surface area contributed by atoms with Crippen LogP contribution in [0.2, 0.25) is 0 Å². The fourth-order valence-corrected chi connectivity index (χ4v) is 2.34. The number of aliphatic imine (C=N–C) groups is 1. The van der Waals surface area contributed by atoms with Crippen LogP contribution in [0.15, 0.2) is 33.7 Å². The molecule has 0 unspecified atom stereocenters.